The number of carbonyl (C=O) groups is 1. The zero-order valence-electron chi connectivity index (χ0n) is 13.9. The van der Waals surface area contributed by atoms with Crippen LogP contribution < -0.4 is 5.32 Å². The highest BCUT2D eigenvalue weighted by Gasteiger charge is 2.18. The molecule has 0 fully saturated rings. The molecule has 0 saturated carbocycles. The molecular weight excluding hydrogens is 318 g/mol. The van der Waals surface area contributed by atoms with Gasteiger partial charge in [0.2, 0.25) is 5.95 Å². The van der Waals surface area contributed by atoms with Gasteiger partial charge in [-0.05, 0) is 44.2 Å². The van der Waals surface area contributed by atoms with Crippen molar-refractivity contribution in [2.75, 3.05) is 5.32 Å². The van der Waals surface area contributed by atoms with E-state index in [-0.39, 0.29) is 5.91 Å². The number of anilines is 1. The van der Waals surface area contributed by atoms with E-state index in [0.29, 0.717) is 23.7 Å². The first-order valence-corrected chi connectivity index (χ1v) is 7.93. The van der Waals surface area contributed by atoms with Crippen LogP contribution in [-0.4, -0.2) is 25.1 Å². The van der Waals surface area contributed by atoms with E-state index in [1.807, 2.05) is 56.4 Å². The summed E-state index contributed by atoms with van der Waals surface area (Å²) in [6.45, 7) is 4.48. The van der Waals surface area contributed by atoms with E-state index >= 15 is 0 Å². The van der Waals surface area contributed by atoms with Crippen LogP contribution in [0.25, 0.3) is 5.65 Å². The van der Waals surface area contributed by atoms with Gasteiger partial charge < -0.3 is 8.98 Å². The lowest BCUT2D eigenvalue weighted by atomic mass is 10.2. The molecule has 1 amide bonds. The summed E-state index contributed by atoms with van der Waals surface area (Å²) in [5, 5.41) is 10.9. The van der Waals surface area contributed by atoms with E-state index in [9.17, 15) is 4.79 Å². The molecule has 4 aromatic heterocycles. The number of aromatic nitrogens is 4. The van der Waals surface area contributed by atoms with Gasteiger partial charge in [0.25, 0.3) is 5.91 Å². The van der Waals surface area contributed by atoms with Crippen LogP contribution in [0.4, 0.5) is 5.95 Å². The van der Waals surface area contributed by atoms with Crippen molar-refractivity contribution in [1.82, 2.24) is 19.2 Å². The SMILES string of the molecule is Cc1cc(C(=O)Nc2nnc3ccccn23)c(C)n1Cc1ccco1. The largest absolute Gasteiger partial charge is 0.467 e. The fourth-order valence-corrected chi connectivity index (χ4v) is 2.93. The molecule has 0 aromatic carbocycles. The lowest BCUT2D eigenvalue weighted by molar-refractivity contribution is 0.102. The van der Waals surface area contributed by atoms with Crippen molar-refractivity contribution in [2.24, 2.45) is 0 Å². The summed E-state index contributed by atoms with van der Waals surface area (Å²) in [7, 11) is 0. The van der Waals surface area contributed by atoms with Gasteiger partial charge in [0, 0.05) is 17.6 Å². The highest BCUT2D eigenvalue weighted by Crippen LogP contribution is 2.19. The fraction of sp³-hybridized carbons (Fsp3) is 0.167. The first-order chi connectivity index (χ1) is 12.1. The molecular formula is C18H17N5O2. The van der Waals surface area contributed by atoms with Crippen molar-refractivity contribution in [3.8, 4) is 0 Å². The molecule has 25 heavy (non-hydrogen) atoms. The second-order valence-electron chi connectivity index (χ2n) is 5.86. The van der Waals surface area contributed by atoms with Gasteiger partial charge in [-0.3, -0.25) is 14.5 Å². The predicted octanol–water partition coefficient (Wildman–Crippen LogP) is 3.04. The van der Waals surface area contributed by atoms with Gasteiger partial charge in [0.1, 0.15) is 5.76 Å². The molecule has 0 unspecified atom stereocenters. The average molecular weight is 335 g/mol. The van der Waals surface area contributed by atoms with Crippen molar-refractivity contribution < 1.29 is 9.21 Å². The summed E-state index contributed by atoms with van der Waals surface area (Å²) in [4.78, 5) is 12.7. The van der Waals surface area contributed by atoms with Gasteiger partial charge in [-0.15, -0.1) is 10.2 Å². The van der Waals surface area contributed by atoms with Crippen LogP contribution in [0, 0.1) is 13.8 Å². The molecule has 0 aliphatic rings. The number of amides is 1. The van der Waals surface area contributed by atoms with Crippen molar-refractivity contribution in [3.63, 3.8) is 0 Å². The van der Waals surface area contributed by atoms with Crippen molar-refractivity contribution >= 4 is 17.5 Å². The summed E-state index contributed by atoms with van der Waals surface area (Å²) < 4.78 is 9.19. The highest BCUT2D eigenvalue weighted by atomic mass is 16.3. The molecule has 0 saturated heterocycles. The van der Waals surface area contributed by atoms with Gasteiger partial charge in [-0.25, -0.2) is 0 Å². The average Bonchev–Trinajstić information content (AvgIpc) is 3.32. The summed E-state index contributed by atoms with van der Waals surface area (Å²) in [5.41, 5.74) is 3.16. The second kappa shape index (κ2) is 5.94. The van der Waals surface area contributed by atoms with Crippen molar-refractivity contribution in [3.05, 3.63) is 71.6 Å². The van der Waals surface area contributed by atoms with E-state index in [2.05, 4.69) is 20.1 Å². The van der Waals surface area contributed by atoms with Crippen LogP contribution in [0.5, 0.6) is 0 Å². The van der Waals surface area contributed by atoms with Crippen LogP contribution in [0.15, 0.2) is 53.3 Å². The number of fused-ring (bicyclic) bond motifs is 1. The number of furan rings is 1. The van der Waals surface area contributed by atoms with Crippen molar-refractivity contribution in [1.29, 1.82) is 0 Å². The molecule has 0 aliphatic heterocycles. The Bertz CT molecular complexity index is 1040. The normalized spacial score (nSPS) is 11.1. The van der Waals surface area contributed by atoms with Gasteiger partial charge in [-0.1, -0.05) is 6.07 Å². The van der Waals surface area contributed by atoms with Crippen molar-refractivity contribution in [2.45, 2.75) is 20.4 Å². The quantitative estimate of drug-likeness (QED) is 0.622. The molecule has 0 spiro atoms. The minimum absolute atomic E-state index is 0.211. The minimum atomic E-state index is -0.211. The molecule has 1 N–H and O–H groups in total. The van der Waals surface area contributed by atoms with Crippen LogP contribution >= 0.6 is 0 Å². The number of hydrogen-bond donors (Lipinski definition) is 1. The van der Waals surface area contributed by atoms with Gasteiger partial charge in [-0.2, -0.15) is 0 Å². The van der Waals surface area contributed by atoms with Crippen LogP contribution in [-0.2, 0) is 6.54 Å². The third kappa shape index (κ3) is 2.69. The van der Waals surface area contributed by atoms with E-state index in [1.165, 1.54) is 0 Å². The summed E-state index contributed by atoms with van der Waals surface area (Å²) in [6.07, 6.45) is 3.46. The molecule has 4 rings (SSSR count). The molecule has 4 aromatic rings. The van der Waals surface area contributed by atoms with E-state index in [4.69, 9.17) is 4.42 Å². The van der Waals surface area contributed by atoms with Crippen LogP contribution in [0.2, 0.25) is 0 Å². The first kappa shape index (κ1) is 15.2. The maximum atomic E-state index is 12.7. The number of rotatable bonds is 4. The Labute approximate surface area is 143 Å². The zero-order valence-corrected chi connectivity index (χ0v) is 13.9. The predicted molar refractivity (Wildman–Crippen MR) is 92.7 cm³/mol. The van der Waals surface area contributed by atoms with E-state index in [1.54, 1.807) is 10.7 Å². The Morgan fingerprint density at radius 2 is 2.08 bits per heavy atom. The highest BCUT2D eigenvalue weighted by molar-refractivity contribution is 6.04. The maximum Gasteiger partial charge on any atom is 0.259 e. The number of nitrogens with zero attached hydrogens (tertiary/aromatic N) is 4. The Morgan fingerprint density at radius 3 is 2.88 bits per heavy atom. The molecule has 126 valence electrons. The number of aryl methyl sites for hydroxylation is 1. The molecule has 0 radical (unpaired) electrons. The first-order valence-electron chi connectivity index (χ1n) is 7.93. The van der Waals surface area contributed by atoms with Gasteiger partial charge in [0.05, 0.1) is 18.4 Å². The number of carbonyl (C=O) groups excluding carboxylic acids is 1. The van der Waals surface area contributed by atoms with Gasteiger partial charge in [0.15, 0.2) is 5.65 Å². The Hall–Kier alpha value is -3.35. The Balaban J connectivity index is 1.62. The second-order valence-corrected chi connectivity index (χ2v) is 5.86. The molecule has 7 heteroatoms. The lowest BCUT2D eigenvalue weighted by Crippen LogP contribution is -2.15. The van der Waals surface area contributed by atoms with Crippen LogP contribution in [0.3, 0.4) is 0 Å². The molecule has 7 nitrogen and oxygen atoms in total. The number of pyridine rings is 1. The molecule has 0 bridgehead atoms. The summed E-state index contributed by atoms with van der Waals surface area (Å²) in [5.74, 6) is 1.03. The van der Waals surface area contributed by atoms with E-state index in [0.717, 1.165) is 17.1 Å². The Morgan fingerprint density at radius 1 is 1.20 bits per heavy atom. The van der Waals surface area contributed by atoms with E-state index < -0.39 is 0 Å². The van der Waals surface area contributed by atoms with Gasteiger partial charge >= 0.3 is 0 Å². The monoisotopic (exact) mass is 335 g/mol. The third-order valence-electron chi connectivity index (χ3n) is 4.25. The third-order valence-corrected chi connectivity index (χ3v) is 4.25. The number of hydrogen-bond acceptors (Lipinski definition) is 4. The molecule has 0 aliphatic carbocycles. The molecule has 0 atom stereocenters. The lowest BCUT2D eigenvalue weighted by Gasteiger charge is -2.08. The minimum Gasteiger partial charge on any atom is -0.467 e. The fourth-order valence-electron chi connectivity index (χ4n) is 2.93. The summed E-state index contributed by atoms with van der Waals surface area (Å²) in [6, 6.07) is 11.2. The zero-order chi connectivity index (χ0) is 17.4. The molecule has 4 heterocycles. The summed E-state index contributed by atoms with van der Waals surface area (Å²) >= 11 is 0. The topological polar surface area (TPSA) is 77.4 Å². The standard InChI is InChI=1S/C18H17N5O2/c1-12-10-15(13(2)23(12)11-14-6-5-9-25-14)17(24)19-18-21-20-16-7-3-4-8-22(16)18/h3-10H,11H2,1-2H3,(H,19,21,24). The number of nitrogens with one attached hydrogen (secondary N) is 1. The Kier molecular flexibility index (Phi) is 3.61. The maximum absolute atomic E-state index is 12.7. The van der Waals surface area contributed by atoms with Crippen LogP contribution in [0.1, 0.15) is 27.5 Å². The smallest absolute Gasteiger partial charge is 0.259 e.